The quantitative estimate of drug-likeness (QED) is 0.723. The molecule has 1 aliphatic heterocycles. The highest BCUT2D eigenvalue weighted by molar-refractivity contribution is 6.28. The molecule has 0 radical (unpaired) electrons. The van der Waals surface area contributed by atoms with Crippen molar-refractivity contribution in [2.45, 2.75) is 19.4 Å². The van der Waals surface area contributed by atoms with Gasteiger partial charge in [-0.05, 0) is 13.5 Å². The molecule has 0 bridgehead atoms. The Balaban J connectivity index is 2.48. The van der Waals surface area contributed by atoms with E-state index in [9.17, 15) is 9.59 Å². The number of halogens is 1. The fraction of sp³-hybridized carbons (Fsp3) is 0.800. The van der Waals surface area contributed by atoms with Crippen LogP contribution in [0.5, 0.6) is 0 Å². The van der Waals surface area contributed by atoms with Crippen molar-refractivity contribution in [2.75, 3.05) is 32.6 Å². The number of hydrogen-bond donors (Lipinski definition) is 1. The number of carbonyl (C=O) groups excluding carboxylic acids is 2. The number of alkyl halides is 1. The Morgan fingerprint density at radius 1 is 1.44 bits per heavy atom. The van der Waals surface area contributed by atoms with Gasteiger partial charge >= 0.3 is 6.03 Å². The summed E-state index contributed by atoms with van der Waals surface area (Å²) < 4.78 is 0. The van der Waals surface area contributed by atoms with Gasteiger partial charge in [-0.15, -0.1) is 11.6 Å². The molecule has 5 nitrogen and oxygen atoms in total. The zero-order valence-corrected chi connectivity index (χ0v) is 10.5. The molecule has 1 unspecified atom stereocenters. The Labute approximate surface area is 101 Å². The highest BCUT2D eigenvalue weighted by atomic mass is 35.5. The first-order chi connectivity index (χ1) is 7.58. The summed E-state index contributed by atoms with van der Waals surface area (Å²) in [5, 5.41) is 2.26. The highest BCUT2D eigenvalue weighted by Crippen LogP contribution is 2.10. The van der Waals surface area contributed by atoms with Crippen LogP contribution in [-0.4, -0.2) is 60.3 Å². The maximum Gasteiger partial charge on any atom is 0.324 e. The predicted octanol–water partition coefficient (Wildman–Crippen LogP) is 0.487. The molecule has 1 fully saturated rings. The highest BCUT2D eigenvalue weighted by Gasteiger charge is 2.26. The minimum absolute atomic E-state index is 0.184. The fourth-order valence-electron chi connectivity index (χ4n) is 1.80. The minimum atomic E-state index is -0.446. The third-order valence-corrected chi connectivity index (χ3v) is 3.15. The topological polar surface area (TPSA) is 52.7 Å². The molecular weight excluding hydrogens is 230 g/mol. The van der Waals surface area contributed by atoms with Crippen LogP contribution >= 0.6 is 11.6 Å². The monoisotopic (exact) mass is 247 g/mol. The van der Waals surface area contributed by atoms with E-state index in [1.54, 1.807) is 4.90 Å². The second kappa shape index (κ2) is 6.06. The van der Waals surface area contributed by atoms with Crippen molar-refractivity contribution in [3.05, 3.63) is 0 Å². The summed E-state index contributed by atoms with van der Waals surface area (Å²) in [5.41, 5.74) is 0. The smallest absolute Gasteiger partial charge is 0.322 e. The summed E-state index contributed by atoms with van der Waals surface area (Å²) in [7, 11) is 2.05. The molecule has 0 aromatic carbocycles. The van der Waals surface area contributed by atoms with Gasteiger partial charge in [0.25, 0.3) is 0 Å². The van der Waals surface area contributed by atoms with Crippen molar-refractivity contribution in [1.29, 1.82) is 0 Å². The standard InChI is InChI=1S/C10H18ClN3O2/c1-3-8-7-14(5-4-13(8)2)10(16)12-9(15)6-11/h8H,3-7H2,1-2H3,(H,12,15,16). The number of imide groups is 1. The van der Waals surface area contributed by atoms with Gasteiger partial charge in [-0.3, -0.25) is 15.0 Å². The van der Waals surface area contributed by atoms with Crippen LogP contribution in [0, 0.1) is 0 Å². The molecule has 16 heavy (non-hydrogen) atoms. The van der Waals surface area contributed by atoms with Gasteiger partial charge in [-0.2, -0.15) is 0 Å². The molecular formula is C10H18ClN3O2. The summed E-state index contributed by atoms with van der Waals surface area (Å²) in [6.07, 6.45) is 0.990. The first kappa shape index (κ1) is 13.3. The number of nitrogens with zero attached hydrogens (tertiary/aromatic N) is 2. The summed E-state index contributed by atoms with van der Waals surface area (Å²) in [5.74, 6) is -0.630. The van der Waals surface area contributed by atoms with E-state index in [1.807, 2.05) is 7.05 Å². The van der Waals surface area contributed by atoms with E-state index in [1.165, 1.54) is 0 Å². The molecule has 3 amide bonds. The summed E-state index contributed by atoms with van der Waals surface area (Å²) in [6.45, 7) is 4.23. The molecule has 1 rings (SSSR count). The van der Waals surface area contributed by atoms with Gasteiger partial charge in [0.15, 0.2) is 0 Å². The second-order valence-electron chi connectivity index (χ2n) is 3.98. The van der Waals surface area contributed by atoms with Crippen LogP contribution in [0.2, 0.25) is 0 Å². The molecule has 1 heterocycles. The average Bonchev–Trinajstić information content (AvgIpc) is 2.29. The van der Waals surface area contributed by atoms with Gasteiger partial charge in [-0.1, -0.05) is 6.92 Å². The Kier molecular flexibility index (Phi) is 5.02. The maximum absolute atomic E-state index is 11.7. The van der Waals surface area contributed by atoms with E-state index in [4.69, 9.17) is 11.6 Å². The van der Waals surface area contributed by atoms with Gasteiger partial charge in [0.2, 0.25) is 5.91 Å². The van der Waals surface area contributed by atoms with Crippen LogP contribution in [0.25, 0.3) is 0 Å². The molecule has 92 valence electrons. The number of urea groups is 1. The lowest BCUT2D eigenvalue weighted by Gasteiger charge is -2.38. The van der Waals surface area contributed by atoms with Crippen LogP contribution < -0.4 is 5.32 Å². The van der Waals surface area contributed by atoms with Crippen LogP contribution in [0.3, 0.4) is 0 Å². The van der Waals surface area contributed by atoms with E-state index < -0.39 is 5.91 Å². The van der Waals surface area contributed by atoms with Crippen molar-refractivity contribution >= 4 is 23.5 Å². The average molecular weight is 248 g/mol. The van der Waals surface area contributed by atoms with Gasteiger partial charge in [0.05, 0.1) is 0 Å². The van der Waals surface area contributed by atoms with Crippen molar-refractivity contribution < 1.29 is 9.59 Å². The van der Waals surface area contributed by atoms with Crippen LogP contribution in [0.4, 0.5) is 4.79 Å². The largest absolute Gasteiger partial charge is 0.324 e. The third-order valence-electron chi connectivity index (χ3n) is 2.90. The lowest BCUT2D eigenvalue weighted by Crippen LogP contribution is -2.56. The van der Waals surface area contributed by atoms with Gasteiger partial charge < -0.3 is 4.90 Å². The van der Waals surface area contributed by atoms with E-state index >= 15 is 0 Å². The van der Waals surface area contributed by atoms with Gasteiger partial charge in [0.1, 0.15) is 5.88 Å². The number of nitrogens with one attached hydrogen (secondary N) is 1. The molecule has 6 heteroatoms. The predicted molar refractivity (Wildman–Crippen MR) is 62.5 cm³/mol. The van der Waals surface area contributed by atoms with Crippen molar-refractivity contribution in [2.24, 2.45) is 0 Å². The van der Waals surface area contributed by atoms with E-state index in [-0.39, 0.29) is 11.9 Å². The molecule has 1 saturated heterocycles. The van der Waals surface area contributed by atoms with E-state index in [0.717, 1.165) is 13.0 Å². The maximum atomic E-state index is 11.7. The molecule has 1 atom stereocenters. The summed E-state index contributed by atoms with van der Waals surface area (Å²) >= 11 is 5.32. The van der Waals surface area contributed by atoms with Crippen molar-refractivity contribution in [1.82, 2.24) is 15.1 Å². The number of carbonyl (C=O) groups is 2. The number of likely N-dealkylation sites (N-methyl/N-ethyl adjacent to an activating group) is 1. The fourth-order valence-corrected chi connectivity index (χ4v) is 1.87. The van der Waals surface area contributed by atoms with E-state index in [0.29, 0.717) is 19.1 Å². The second-order valence-corrected chi connectivity index (χ2v) is 4.24. The molecule has 1 N–H and O–H groups in total. The molecule has 0 aromatic heterocycles. The molecule has 0 aromatic rings. The number of amides is 3. The third kappa shape index (κ3) is 3.35. The first-order valence-electron chi connectivity index (χ1n) is 5.43. The number of hydrogen-bond acceptors (Lipinski definition) is 3. The van der Waals surface area contributed by atoms with Crippen LogP contribution in [-0.2, 0) is 4.79 Å². The van der Waals surface area contributed by atoms with Gasteiger partial charge in [0, 0.05) is 25.7 Å². The lowest BCUT2D eigenvalue weighted by molar-refractivity contribution is -0.117. The van der Waals surface area contributed by atoms with Crippen LogP contribution in [0.1, 0.15) is 13.3 Å². The molecule has 0 saturated carbocycles. The first-order valence-corrected chi connectivity index (χ1v) is 5.96. The summed E-state index contributed by atoms with van der Waals surface area (Å²) in [6, 6.07) is 0.0304. The van der Waals surface area contributed by atoms with Crippen molar-refractivity contribution in [3.8, 4) is 0 Å². The van der Waals surface area contributed by atoms with E-state index in [2.05, 4.69) is 17.1 Å². The number of rotatable bonds is 2. The Morgan fingerprint density at radius 3 is 2.69 bits per heavy atom. The molecule has 1 aliphatic rings. The SMILES string of the molecule is CCC1CN(C(=O)NC(=O)CCl)CCN1C. The Morgan fingerprint density at radius 2 is 2.12 bits per heavy atom. The normalized spacial score (nSPS) is 21.9. The Bertz CT molecular complexity index is 273. The zero-order chi connectivity index (χ0) is 12.1. The minimum Gasteiger partial charge on any atom is -0.322 e. The van der Waals surface area contributed by atoms with Crippen molar-refractivity contribution in [3.63, 3.8) is 0 Å². The zero-order valence-electron chi connectivity index (χ0n) is 9.70. The molecule has 0 spiro atoms. The number of piperazine rings is 1. The Hall–Kier alpha value is -0.810. The lowest BCUT2D eigenvalue weighted by atomic mass is 10.1. The summed E-state index contributed by atoms with van der Waals surface area (Å²) in [4.78, 5) is 26.5. The van der Waals surface area contributed by atoms with Gasteiger partial charge in [-0.25, -0.2) is 4.79 Å². The van der Waals surface area contributed by atoms with Crippen LogP contribution in [0.15, 0.2) is 0 Å². The molecule has 0 aliphatic carbocycles.